The van der Waals surface area contributed by atoms with Gasteiger partial charge >= 0.3 is 0 Å². The van der Waals surface area contributed by atoms with Gasteiger partial charge in [0.05, 0.1) is 25.8 Å². The zero-order chi connectivity index (χ0) is 19.4. The van der Waals surface area contributed by atoms with E-state index in [9.17, 15) is 9.59 Å². The molecule has 148 valence electrons. The third kappa shape index (κ3) is 4.35. The van der Waals surface area contributed by atoms with Gasteiger partial charge in [-0.1, -0.05) is 0 Å². The summed E-state index contributed by atoms with van der Waals surface area (Å²) in [6.45, 7) is 2.96. The first-order valence-electron chi connectivity index (χ1n) is 9.52. The van der Waals surface area contributed by atoms with E-state index in [-0.39, 0.29) is 24.2 Å². The monoisotopic (exact) mass is 375 g/mol. The number of ether oxygens (including phenoxy) is 2. The third-order valence-corrected chi connectivity index (χ3v) is 5.54. The van der Waals surface area contributed by atoms with Crippen molar-refractivity contribution >= 4 is 17.5 Å². The highest BCUT2D eigenvalue weighted by Gasteiger charge is 2.38. The van der Waals surface area contributed by atoms with E-state index in [1.807, 2.05) is 11.9 Å². The molecule has 2 aliphatic heterocycles. The first-order valence-corrected chi connectivity index (χ1v) is 9.52. The number of amides is 2. The second kappa shape index (κ2) is 8.61. The van der Waals surface area contributed by atoms with E-state index in [1.165, 1.54) is 0 Å². The van der Waals surface area contributed by atoms with E-state index in [4.69, 9.17) is 9.47 Å². The Kier molecular flexibility index (Phi) is 6.21. The molecule has 3 rings (SSSR count). The Morgan fingerprint density at radius 1 is 1.15 bits per heavy atom. The molecule has 0 bridgehead atoms. The van der Waals surface area contributed by atoms with Gasteiger partial charge in [0.25, 0.3) is 0 Å². The van der Waals surface area contributed by atoms with Gasteiger partial charge in [-0.15, -0.1) is 0 Å². The van der Waals surface area contributed by atoms with Crippen LogP contribution < -0.4 is 19.7 Å². The molecule has 7 heteroatoms. The molecule has 1 atom stereocenters. The van der Waals surface area contributed by atoms with Crippen LogP contribution in [0.15, 0.2) is 18.2 Å². The van der Waals surface area contributed by atoms with E-state index in [0.29, 0.717) is 29.6 Å². The van der Waals surface area contributed by atoms with E-state index >= 15 is 0 Å². The number of likely N-dealkylation sites (tertiary alicyclic amines) is 1. The second-order valence-electron chi connectivity index (χ2n) is 7.30. The Bertz CT molecular complexity index is 664. The first-order chi connectivity index (χ1) is 13.0. The number of carbonyl (C=O) groups excluding carboxylic acids is 2. The van der Waals surface area contributed by atoms with Crippen LogP contribution in [0.3, 0.4) is 0 Å². The van der Waals surface area contributed by atoms with Crippen molar-refractivity contribution in [3.63, 3.8) is 0 Å². The number of carbonyl (C=O) groups is 2. The second-order valence-corrected chi connectivity index (χ2v) is 7.30. The summed E-state index contributed by atoms with van der Waals surface area (Å²) in [6, 6.07) is 5.37. The molecule has 2 aliphatic rings. The zero-order valence-electron chi connectivity index (χ0n) is 16.4. The van der Waals surface area contributed by atoms with Crippen molar-refractivity contribution in [2.75, 3.05) is 52.3 Å². The molecule has 7 nitrogen and oxygen atoms in total. The number of nitrogens with zero attached hydrogens (tertiary/aromatic N) is 2. The highest BCUT2D eigenvalue weighted by atomic mass is 16.5. The molecule has 1 aromatic rings. The van der Waals surface area contributed by atoms with Gasteiger partial charge in [0, 0.05) is 44.3 Å². The number of nitrogens with one attached hydrogen (secondary N) is 1. The van der Waals surface area contributed by atoms with E-state index in [1.54, 1.807) is 37.3 Å². The Labute approximate surface area is 160 Å². The Morgan fingerprint density at radius 3 is 2.33 bits per heavy atom. The lowest BCUT2D eigenvalue weighted by Crippen LogP contribution is -2.43. The average Bonchev–Trinajstić information content (AvgIpc) is 3.09. The lowest BCUT2D eigenvalue weighted by atomic mass is 9.95. The van der Waals surface area contributed by atoms with Crippen LogP contribution in [0.2, 0.25) is 0 Å². The molecule has 1 unspecified atom stereocenters. The van der Waals surface area contributed by atoms with E-state index in [0.717, 1.165) is 32.5 Å². The molecule has 0 spiro atoms. The predicted molar refractivity (Wildman–Crippen MR) is 103 cm³/mol. The Morgan fingerprint density at radius 2 is 1.78 bits per heavy atom. The maximum absolute atomic E-state index is 12.9. The maximum atomic E-state index is 12.9. The van der Waals surface area contributed by atoms with Crippen LogP contribution >= 0.6 is 0 Å². The van der Waals surface area contributed by atoms with Crippen molar-refractivity contribution in [3.8, 4) is 11.5 Å². The van der Waals surface area contributed by atoms with Gasteiger partial charge in [-0.3, -0.25) is 9.59 Å². The van der Waals surface area contributed by atoms with Crippen LogP contribution in [0.4, 0.5) is 5.69 Å². The molecule has 27 heavy (non-hydrogen) atoms. The Balaban J connectivity index is 1.66. The molecule has 0 saturated carbocycles. The van der Waals surface area contributed by atoms with Gasteiger partial charge in [-0.2, -0.15) is 0 Å². The van der Waals surface area contributed by atoms with E-state index < -0.39 is 0 Å². The summed E-state index contributed by atoms with van der Waals surface area (Å²) >= 11 is 0. The lowest BCUT2D eigenvalue weighted by molar-refractivity contribution is -0.137. The van der Waals surface area contributed by atoms with Crippen molar-refractivity contribution < 1.29 is 19.1 Å². The summed E-state index contributed by atoms with van der Waals surface area (Å²) in [5.74, 6) is 1.66. The minimum atomic E-state index is -0.282. The van der Waals surface area contributed by atoms with Gasteiger partial charge in [-0.05, 0) is 32.4 Å². The molecule has 1 N–H and O–H groups in total. The quantitative estimate of drug-likeness (QED) is 0.816. The minimum absolute atomic E-state index is 0.0336. The molecule has 0 aromatic heterocycles. The average molecular weight is 375 g/mol. The third-order valence-electron chi connectivity index (χ3n) is 5.54. The molecule has 1 aromatic carbocycles. The minimum Gasteiger partial charge on any atom is -0.497 e. The standard InChI is InChI=1S/C20H29N3O4/c1-21-12-14-4-6-22(7-5-14)20(25)15-8-19(24)23(13-15)16-9-17(26-2)11-18(10-16)27-3/h9-11,14-15,21H,4-8,12-13H2,1-3H3. The van der Waals surface area contributed by atoms with Gasteiger partial charge in [0.2, 0.25) is 11.8 Å². The first kappa shape index (κ1) is 19.5. The molecule has 2 fully saturated rings. The van der Waals surface area contributed by atoms with Crippen LogP contribution in [0.1, 0.15) is 19.3 Å². The molecule has 2 saturated heterocycles. The van der Waals surface area contributed by atoms with Crippen molar-refractivity contribution in [3.05, 3.63) is 18.2 Å². The van der Waals surface area contributed by atoms with Crippen LogP contribution in [0, 0.1) is 11.8 Å². The fraction of sp³-hybridized carbons (Fsp3) is 0.600. The number of hydrogen-bond donors (Lipinski definition) is 1. The predicted octanol–water partition coefficient (Wildman–Crippen LogP) is 1.51. The number of anilines is 1. The zero-order valence-corrected chi connectivity index (χ0v) is 16.4. The number of methoxy groups -OCH3 is 2. The van der Waals surface area contributed by atoms with Crippen molar-refractivity contribution in [1.82, 2.24) is 10.2 Å². The summed E-state index contributed by atoms with van der Waals surface area (Å²) in [5, 5.41) is 3.21. The molecule has 2 amide bonds. The highest BCUT2D eigenvalue weighted by Crippen LogP contribution is 2.33. The number of benzene rings is 1. The highest BCUT2D eigenvalue weighted by molar-refractivity contribution is 6.00. The number of hydrogen-bond acceptors (Lipinski definition) is 5. The van der Waals surface area contributed by atoms with Crippen LogP contribution in [0.25, 0.3) is 0 Å². The van der Waals surface area contributed by atoms with Gasteiger partial charge < -0.3 is 24.6 Å². The maximum Gasteiger partial charge on any atom is 0.228 e. The summed E-state index contributed by atoms with van der Waals surface area (Å²) in [7, 11) is 5.12. The van der Waals surface area contributed by atoms with Gasteiger partial charge in [-0.25, -0.2) is 0 Å². The number of piperidine rings is 1. The molecule has 0 aliphatic carbocycles. The summed E-state index contributed by atoms with van der Waals surface area (Å²) in [6.07, 6.45) is 2.29. The number of rotatable bonds is 6. The normalized spacial score (nSPS) is 20.9. The summed E-state index contributed by atoms with van der Waals surface area (Å²) < 4.78 is 10.6. The topological polar surface area (TPSA) is 71.1 Å². The van der Waals surface area contributed by atoms with Gasteiger partial charge in [0.15, 0.2) is 0 Å². The molecule has 0 radical (unpaired) electrons. The summed E-state index contributed by atoms with van der Waals surface area (Å²) in [4.78, 5) is 29.1. The fourth-order valence-corrected chi connectivity index (χ4v) is 3.98. The summed E-state index contributed by atoms with van der Waals surface area (Å²) in [5.41, 5.74) is 0.708. The lowest BCUT2D eigenvalue weighted by Gasteiger charge is -2.33. The van der Waals surface area contributed by atoms with Crippen molar-refractivity contribution in [2.24, 2.45) is 11.8 Å². The van der Waals surface area contributed by atoms with Crippen LogP contribution in [0.5, 0.6) is 11.5 Å². The molecule has 2 heterocycles. The molecular formula is C20H29N3O4. The smallest absolute Gasteiger partial charge is 0.228 e. The van der Waals surface area contributed by atoms with Crippen LogP contribution in [-0.4, -0.2) is 64.2 Å². The SMILES string of the molecule is CNCC1CCN(C(=O)C2CC(=O)N(c3cc(OC)cc(OC)c3)C2)CC1. The van der Waals surface area contributed by atoms with Crippen molar-refractivity contribution in [2.45, 2.75) is 19.3 Å². The fourth-order valence-electron chi connectivity index (χ4n) is 3.98. The van der Waals surface area contributed by atoms with Gasteiger partial charge in [0.1, 0.15) is 11.5 Å². The largest absolute Gasteiger partial charge is 0.497 e. The molecular weight excluding hydrogens is 346 g/mol. The Hall–Kier alpha value is -2.28. The van der Waals surface area contributed by atoms with Crippen LogP contribution in [-0.2, 0) is 9.59 Å². The van der Waals surface area contributed by atoms with Crippen molar-refractivity contribution in [1.29, 1.82) is 0 Å². The van der Waals surface area contributed by atoms with E-state index in [2.05, 4.69) is 5.32 Å².